The largest absolute Gasteiger partial charge is 0.327 e. The molecule has 1 heterocycles. The van der Waals surface area contributed by atoms with E-state index in [0.717, 1.165) is 12.1 Å². The van der Waals surface area contributed by atoms with Gasteiger partial charge in [-0.1, -0.05) is 19.8 Å². The normalized spacial score (nSPS) is 21.2. The van der Waals surface area contributed by atoms with Gasteiger partial charge >= 0.3 is 0 Å². The van der Waals surface area contributed by atoms with Gasteiger partial charge in [-0.05, 0) is 31.2 Å². The highest BCUT2D eigenvalue weighted by molar-refractivity contribution is 5.11. The number of nitrogens with zero attached hydrogens (tertiary/aromatic N) is 2. The lowest BCUT2D eigenvalue weighted by Crippen LogP contribution is -2.39. The molecule has 1 aromatic heterocycles. The van der Waals surface area contributed by atoms with Crippen molar-refractivity contribution in [2.75, 3.05) is 0 Å². The molecule has 0 aromatic carbocycles. The van der Waals surface area contributed by atoms with Crippen LogP contribution >= 0.6 is 0 Å². The average Bonchev–Trinajstić information content (AvgIpc) is 2.75. The molecule has 2 N–H and O–H groups in total. The molecule has 3 heteroatoms. The van der Waals surface area contributed by atoms with Crippen molar-refractivity contribution in [2.45, 2.75) is 52.0 Å². The fourth-order valence-corrected chi connectivity index (χ4v) is 2.88. The van der Waals surface area contributed by atoms with Crippen molar-refractivity contribution in [3.8, 4) is 0 Å². The zero-order chi connectivity index (χ0) is 11.8. The molecule has 1 fully saturated rings. The Hall–Kier alpha value is -0.830. The summed E-state index contributed by atoms with van der Waals surface area (Å²) in [6.45, 7) is 4.38. The summed E-state index contributed by atoms with van der Waals surface area (Å²) < 4.78 is 1.97. The molecule has 1 aliphatic rings. The number of rotatable bonds is 3. The summed E-state index contributed by atoms with van der Waals surface area (Å²) in [7, 11) is 2.01. The highest BCUT2D eigenvalue weighted by atomic mass is 15.3. The lowest BCUT2D eigenvalue weighted by Gasteiger charge is -2.31. The van der Waals surface area contributed by atoms with Crippen LogP contribution in [-0.2, 0) is 13.5 Å². The monoisotopic (exact) mass is 221 g/mol. The van der Waals surface area contributed by atoms with Gasteiger partial charge in [-0.2, -0.15) is 5.10 Å². The second-order valence-corrected chi connectivity index (χ2v) is 5.57. The maximum atomic E-state index is 6.38. The molecule has 0 bridgehead atoms. The molecule has 2 rings (SSSR count). The van der Waals surface area contributed by atoms with E-state index < -0.39 is 0 Å². The van der Waals surface area contributed by atoms with Gasteiger partial charge < -0.3 is 5.73 Å². The highest BCUT2D eigenvalue weighted by Crippen LogP contribution is 2.40. The molecule has 1 unspecified atom stereocenters. The molecule has 16 heavy (non-hydrogen) atoms. The van der Waals surface area contributed by atoms with Gasteiger partial charge in [0.15, 0.2) is 0 Å². The van der Waals surface area contributed by atoms with Crippen LogP contribution in [0, 0.1) is 12.3 Å². The predicted molar refractivity (Wildman–Crippen MR) is 66.2 cm³/mol. The smallest absolute Gasteiger partial charge is 0.0596 e. The van der Waals surface area contributed by atoms with Gasteiger partial charge in [0.25, 0.3) is 0 Å². The second kappa shape index (κ2) is 4.21. The van der Waals surface area contributed by atoms with Crippen molar-refractivity contribution >= 4 is 0 Å². The average molecular weight is 221 g/mol. The maximum absolute atomic E-state index is 6.38. The Bertz CT molecular complexity index is 361. The van der Waals surface area contributed by atoms with Crippen molar-refractivity contribution in [1.82, 2.24) is 9.78 Å². The first-order chi connectivity index (χ1) is 7.51. The molecule has 3 nitrogen and oxygen atoms in total. The molecule has 1 saturated carbocycles. The molecule has 90 valence electrons. The van der Waals surface area contributed by atoms with Gasteiger partial charge in [0.2, 0.25) is 0 Å². The van der Waals surface area contributed by atoms with Crippen LogP contribution in [0.4, 0.5) is 0 Å². The third-order valence-electron chi connectivity index (χ3n) is 4.17. The Morgan fingerprint density at radius 3 is 2.62 bits per heavy atom. The van der Waals surface area contributed by atoms with Gasteiger partial charge in [-0.3, -0.25) is 4.68 Å². The number of aromatic nitrogens is 2. The van der Waals surface area contributed by atoms with Crippen LogP contribution in [0.5, 0.6) is 0 Å². The van der Waals surface area contributed by atoms with Crippen molar-refractivity contribution in [1.29, 1.82) is 0 Å². The van der Waals surface area contributed by atoms with Crippen LogP contribution in [0.15, 0.2) is 6.07 Å². The van der Waals surface area contributed by atoms with Crippen LogP contribution in [0.3, 0.4) is 0 Å². The fourth-order valence-electron chi connectivity index (χ4n) is 2.88. The maximum Gasteiger partial charge on any atom is 0.0596 e. The Morgan fingerprint density at radius 1 is 1.50 bits per heavy atom. The first kappa shape index (κ1) is 11.6. The van der Waals surface area contributed by atoms with E-state index in [4.69, 9.17) is 5.73 Å². The molecular weight excluding hydrogens is 198 g/mol. The van der Waals surface area contributed by atoms with Gasteiger partial charge in [0, 0.05) is 25.2 Å². The summed E-state index contributed by atoms with van der Waals surface area (Å²) in [5.41, 5.74) is 9.07. The van der Waals surface area contributed by atoms with E-state index >= 15 is 0 Å². The summed E-state index contributed by atoms with van der Waals surface area (Å²) in [6.07, 6.45) is 6.20. The van der Waals surface area contributed by atoms with E-state index in [9.17, 15) is 0 Å². The molecule has 0 saturated heterocycles. The van der Waals surface area contributed by atoms with Crippen molar-refractivity contribution in [2.24, 2.45) is 18.2 Å². The van der Waals surface area contributed by atoms with Crippen molar-refractivity contribution in [3.63, 3.8) is 0 Å². The molecular formula is C13H23N3. The fraction of sp³-hybridized carbons (Fsp3) is 0.769. The molecule has 1 aromatic rings. The van der Waals surface area contributed by atoms with Crippen LogP contribution in [-0.4, -0.2) is 15.8 Å². The molecule has 1 atom stereocenters. The lowest BCUT2D eigenvalue weighted by atomic mass is 9.79. The minimum Gasteiger partial charge on any atom is -0.327 e. The summed E-state index contributed by atoms with van der Waals surface area (Å²) >= 11 is 0. The zero-order valence-corrected chi connectivity index (χ0v) is 10.7. The van der Waals surface area contributed by atoms with Crippen LogP contribution in [0.25, 0.3) is 0 Å². The highest BCUT2D eigenvalue weighted by Gasteiger charge is 2.35. The zero-order valence-electron chi connectivity index (χ0n) is 10.7. The van der Waals surface area contributed by atoms with Crippen molar-refractivity contribution in [3.05, 3.63) is 17.5 Å². The van der Waals surface area contributed by atoms with E-state index in [1.54, 1.807) is 0 Å². The third kappa shape index (κ3) is 2.14. The van der Waals surface area contributed by atoms with Crippen LogP contribution in [0.1, 0.15) is 44.0 Å². The van der Waals surface area contributed by atoms with Crippen LogP contribution in [0.2, 0.25) is 0 Å². The second-order valence-electron chi connectivity index (χ2n) is 5.57. The van der Waals surface area contributed by atoms with Gasteiger partial charge in [-0.25, -0.2) is 0 Å². The first-order valence-electron chi connectivity index (χ1n) is 6.26. The molecule has 0 radical (unpaired) electrons. The topological polar surface area (TPSA) is 43.8 Å². The van der Waals surface area contributed by atoms with E-state index in [2.05, 4.69) is 18.1 Å². The van der Waals surface area contributed by atoms with E-state index in [1.165, 1.54) is 31.4 Å². The van der Waals surface area contributed by atoms with E-state index in [-0.39, 0.29) is 6.04 Å². The standard InChI is InChI=1S/C13H23N3/c1-10-8-11(16(3)15-10)9-12(14)13(2)6-4-5-7-13/h8,12H,4-7,9,14H2,1-3H3. The summed E-state index contributed by atoms with van der Waals surface area (Å²) in [4.78, 5) is 0. The Labute approximate surface area is 98.0 Å². The number of hydrogen-bond donors (Lipinski definition) is 1. The number of hydrogen-bond acceptors (Lipinski definition) is 2. The van der Waals surface area contributed by atoms with Gasteiger partial charge in [0.05, 0.1) is 5.69 Å². The minimum absolute atomic E-state index is 0.268. The lowest BCUT2D eigenvalue weighted by molar-refractivity contribution is 0.257. The quantitative estimate of drug-likeness (QED) is 0.850. The summed E-state index contributed by atoms with van der Waals surface area (Å²) in [5.74, 6) is 0. The van der Waals surface area contributed by atoms with E-state index in [0.29, 0.717) is 5.41 Å². The number of aryl methyl sites for hydroxylation is 2. The van der Waals surface area contributed by atoms with Gasteiger partial charge in [-0.15, -0.1) is 0 Å². The molecule has 1 aliphatic carbocycles. The number of nitrogens with two attached hydrogens (primary N) is 1. The third-order valence-corrected chi connectivity index (χ3v) is 4.17. The Morgan fingerprint density at radius 2 is 2.12 bits per heavy atom. The summed E-state index contributed by atoms with van der Waals surface area (Å²) in [5, 5.41) is 4.37. The summed E-state index contributed by atoms with van der Waals surface area (Å²) in [6, 6.07) is 2.42. The van der Waals surface area contributed by atoms with Gasteiger partial charge in [0.1, 0.15) is 0 Å². The molecule has 0 amide bonds. The predicted octanol–water partition coefficient (Wildman–Crippen LogP) is 2.18. The molecule has 0 aliphatic heterocycles. The first-order valence-corrected chi connectivity index (χ1v) is 6.26. The Balaban J connectivity index is 2.07. The van der Waals surface area contributed by atoms with Crippen LogP contribution < -0.4 is 5.73 Å². The minimum atomic E-state index is 0.268. The van der Waals surface area contributed by atoms with Crippen molar-refractivity contribution < 1.29 is 0 Å². The van der Waals surface area contributed by atoms with E-state index in [1.807, 2.05) is 18.7 Å². The Kier molecular flexibility index (Phi) is 3.06. The molecule has 0 spiro atoms. The SMILES string of the molecule is Cc1cc(CC(N)C2(C)CCCC2)n(C)n1.